The molecule has 0 saturated carbocycles. The lowest BCUT2D eigenvalue weighted by Crippen LogP contribution is -2.32. The van der Waals surface area contributed by atoms with Crippen LogP contribution in [-0.4, -0.2) is 23.0 Å². The quantitative estimate of drug-likeness (QED) is 0.827. The molecule has 1 rings (SSSR count). The van der Waals surface area contributed by atoms with Crippen LogP contribution in [-0.2, 0) is 4.79 Å². The highest BCUT2D eigenvalue weighted by atomic mass is 79.9. The van der Waals surface area contributed by atoms with Crippen LogP contribution in [0.4, 0.5) is 0 Å². The molecule has 6 heteroatoms. The molecule has 0 saturated heterocycles. The van der Waals surface area contributed by atoms with Gasteiger partial charge in [0, 0.05) is 16.9 Å². The van der Waals surface area contributed by atoms with Gasteiger partial charge in [-0.15, -0.1) is 0 Å². The Morgan fingerprint density at radius 2 is 2.16 bits per heavy atom. The van der Waals surface area contributed by atoms with Crippen LogP contribution in [0.5, 0.6) is 0 Å². The number of carbonyl (C=O) groups is 2. The maximum absolute atomic E-state index is 12.0. The average Bonchev–Trinajstić information content (AvgIpc) is 2.31. The number of amides is 1. The Kier molecular flexibility index (Phi) is 6.31. The summed E-state index contributed by atoms with van der Waals surface area (Å²) in [6, 6.07) is 5.05. The second-order valence-electron chi connectivity index (χ2n) is 4.26. The van der Waals surface area contributed by atoms with Crippen molar-refractivity contribution >= 4 is 39.4 Å². The number of aliphatic carboxylic acids is 1. The van der Waals surface area contributed by atoms with Gasteiger partial charge in [-0.25, -0.2) is 0 Å². The van der Waals surface area contributed by atoms with Crippen molar-refractivity contribution in [1.29, 1.82) is 0 Å². The van der Waals surface area contributed by atoms with Crippen LogP contribution >= 0.6 is 27.5 Å². The zero-order valence-corrected chi connectivity index (χ0v) is 12.8. The fourth-order valence-electron chi connectivity index (χ4n) is 1.61. The van der Waals surface area contributed by atoms with Crippen molar-refractivity contribution in [3.63, 3.8) is 0 Å². The van der Waals surface area contributed by atoms with E-state index in [1.165, 1.54) is 0 Å². The second kappa shape index (κ2) is 7.50. The third kappa shape index (κ3) is 5.20. The lowest BCUT2D eigenvalue weighted by atomic mass is 10.1. The van der Waals surface area contributed by atoms with Crippen molar-refractivity contribution < 1.29 is 14.7 Å². The minimum absolute atomic E-state index is 0.0955. The van der Waals surface area contributed by atoms with Gasteiger partial charge in [-0.2, -0.15) is 0 Å². The molecule has 1 unspecified atom stereocenters. The summed E-state index contributed by atoms with van der Waals surface area (Å²) in [5, 5.41) is 11.7. The Balaban J connectivity index is 2.54. The number of carboxylic acids is 1. The molecule has 0 aliphatic carbocycles. The predicted octanol–water partition coefficient (Wildman–Crippen LogP) is 3.48. The first-order chi connectivity index (χ1) is 8.91. The molecular weight excluding hydrogens is 334 g/mol. The summed E-state index contributed by atoms with van der Waals surface area (Å²) < 4.78 is 0.667. The van der Waals surface area contributed by atoms with E-state index in [4.69, 9.17) is 16.7 Å². The molecule has 1 aromatic carbocycles. The maximum Gasteiger partial charge on any atom is 0.303 e. The summed E-state index contributed by atoms with van der Waals surface area (Å²) in [5.74, 6) is -1.08. The van der Waals surface area contributed by atoms with Crippen LogP contribution in [0, 0.1) is 0 Å². The van der Waals surface area contributed by atoms with Crippen molar-refractivity contribution in [1.82, 2.24) is 5.32 Å². The van der Waals surface area contributed by atoms with Gasteiger partial charge in [-0.1, -0.05) is 17.7 Å². The second-order valence-corrected chi connectivity index (χ2v) is 5.49. The number of halogens is 2. The number of rotatable bonds is 6. The first-order valence-electron chi connectivity index (χ1n) is 5.88. The topological polar surface area (TPSA) is 66.4 Å². The average molecular weight is 349 g/mol. The normalized spacial score (nSPS) is 11.9. The fourth-order valence-corrected chi connectivity index (χ4v) is 2.19. The molecule has 19 heavy (non-hydrogen) atoms. The van der Waals surface area contributed by atoms with Gasteiger partial charge in [0.2, 0.25) is 0 Å². The van der Waals surface area contributed by atoms with Crippen molar-refractivity contribution in [2.24, 2.45) is 0 Å². The van der Waals surface area contributed by atoms with Crippen molar-refractivity contribution in [3.8, 4) is 0 Å². The molecule has 0 spiro atoms. The number of hydrogen-bond acceptors (Lipinski definition) is 2. The number of nitrogens with one attached hydrogen (secondary N) is 1. The summed E-state index contributed by atoms with van der Waals surface area (Å²) in [6.45, 7) is 1.84. The van der Waals surface area contributed by atoms with Crippen LogP contribution < -0.4 is 5.32 Å². The van der Waals surface area contributed by atoms with Crippen molar-refractivity contribution in [3.05, 3.63) is 33.3 Å². The Morgan fingerprint density at radius 1 is 1.47 bits per heavy atom. The van der Waals surface area contributed by atoms with Crippen LogP contribution in [0.15, 0.2) is 22.7 Å². The van der Waals surface area contributed by atoms with E-state index < -0.39 is 5.97 Å². The van der Waals surface area contributed by atoms with E-state index in [1.54, 1.807) is 18.2 Å². The highest BCUT2D eigenvalue weighted by Crippen LogP contribution is 2.25. The Labute approximate surface area is 125 Å². The van der Waals surface area contributed by atoms with Gasteiger partial charge in [0.15, 0.2) is 0 Å². The number of hydrogen-bond donors (Lipinski definition) is 2. The van der Waals surface area contributed by atoms with E-state index in [2.05, 4.69) is 21.2 Å². The molecule has 0 radical (unpaired) electrons. The third-order valence-corrected chi connectivity index (χ3v) is 3.90. The zero-order valence-electron chi connectivity index (χ0n) is 10.5. The van der Waals surface area contributed by atoms with E-state index in [9.17, 15) is 9.59 Å². The molecule has 104 valence electrons. The van der Waals surface area contributed by atoms with Gasteiger partial charge < -0.3 is 10.4 Å². The van der Waals surface area contributed by atoms with E-state index in [-0.39, 0.29) is 18.4 Å². The van der Waals surface area contributed by atoms with Gasteiger partial charge >= 0.3 is 5.97 Å². The molecule has 1 amide bonds. The molecule has 4 nitrogen and oxygen atoms in total. The Morgan fingerprint density at radius 3 is 2.79 bits per heavy atom. The van der Waals surface area contributed by atoms with E-state index in [0.717, 1.165) is 0 Å². The summed E-state index contributed by atoms with van der Waals surface area (Å²) in [6.07, 6.45) is 1.25. The SMILES string of the molecule is CC(CCCC(=O)O)NC(=O)c1cccc(Br)c1Cl. The molecule has 0 aliphatic rings. The van der Waals surface area contributed by atoms with Crippen LogP contribution in [0.25, 0.3) is 0 Å². The molecule has 1 atom stereocenters. The molecule has 1 aromatic rings. The minimum atomic E-state index is -0.825. The van der Waals surface area contributed by atoms with Gasteiger partial charge in [-0.3, -0.25) is 9.59 Å². The number of benzene rings is 1. The van der Waals surface area contributed by atoms with Crippen LogP contribution in [0.2, 0.25) is 5.02 Å². The van der Waals surface area contributed by atoms with Crippen LogP contribution in [0.1, 0.15) is 36.5 Å². The van der Waals surface area contributed by atoms with Crippen molar-refractivity contribution in [2.45, 2.75) is 32.2 Å². The minimum Gasteiger partial charge on any atom is -0.481 e. The van der Waals surface area contributed by atoms with Gasteiger partial charge in [-0.05, 0) is 47.8 Å². The first kappa shape index (κ1) is 16.0. The first-order valence-corrected chi connectivity index (χ1v) is 7.05. The lowest BCUT2D eigenvalue weighted by Gasteiger charge is -2.14. The lowest BCUT2D eigenvalue weighted by molar-refractivity contribution is -0.137. The largest absolute Gasteiger partial charge is 0.481 e. The smallest absolute Gasteiger partial charge is 0.303 e. The highest BCUT2D eigenvalue weighted by molar-refractivity contribution is 9.10. The molecule has 0 fully saturated rings. The maximum atomic E-state index is 12.0. The summed E-state index contributed by atoms with van der Waals surface area (Å²) >= 11 is 9.29. The predicted molar refractivity (Wildman–Crippen MR) is 77.6 cm³/mol. The van der Waals surface area contributed by atoms with E-state index in [0.29, 0.717) is 27.9 Å². The van der Waals surface area contributed by atoms with E-state index >= 15 is 0 Å². The zero-order chi connectivity index (χ0) is 14.4. The highest BCUT2D eigenvalue weighted by Gasteiger charge is 2.14. The molecule has 0 aliphatic heterocycles. The standard InChI is InChI=1S/C13H15BrClNO3/c1-8(4-2-7-11(17)18)16-13(19)9-5-3-6-10(14)12(9)15/h3,5-6,8H,2,4,7H2,1H3,(H,16,19)(H,17,18). The summed E-state index contributed by atoms with van der Waals surface area (Å²) in [7, 11) is 0. The summed E-state index contributed by atoms with van der Waals surface area (Å²) in [5.41, 5.74) is 0.404. The Hall–Kier alpha value is -1.07. The van der Waals surface area contributed by atoms with Crippen molar-refractivity contribution in [2.75, 3.05) is 0 Å². The van der Waals surface area contributed by atoms with Gasteiger partial charge in [0.05, 0.1) is 10.6 Å². The van der Waals surface area contributed by atoms with Gasteiger partial charge in [0.25, 0.3) is 5.91 Å². The molecular formula is C13H15BrClNO3. The number of carbonyl (C=O) groups excluding carboxylic acids is 1. The Bertz CT molecular complexity index is 479. The van der Waals surface area contributed by atoms with E-state index in [1.807, 2.05) is 6.92 Å². The molecule has 0 aromatic heterocycles. The molecule has 0 heterocycles. The monoisotopic (exact) mass is 347 g/mol. The third-order valence-electron chi connectivity index (χ3n) is 2.60. The van der Waals surface area contributed by atoms with Gasteiger partial charge in [0.1, 0.15) is 0 Å². The molecule has 0 bridgehead atoms. The van der Waals surface area contributed by atoms with Crippen LogP contribution in [0.3, 0.4) is 0 Å². The summed E-state index contributed by atoms with van der Waals surface area (Å²) in [4.78, 5) is 22.4. The number of carboxylic acid groups (broad SMARTS) is 1. The fraction of sp³-hybridized carbons (Fsp3) is 0.385. The molecule has 2 N–H and O–H groups in total.